The fourth-order valence-electron chi connectivity index (χ4n) is 2.94. The first-order valence-electron chi connectivity index (χ1n) is 7.74. The van der Waals surface area contributed by atoms with Crippen LogP contribution in [0.15, 0.2) is 34.8 Å². The van der Waals surface area contributed by atoms with Gasteiger partial charge in [-0.1, -0.05) is 73.2 Å². The largest absolute Gasteiger partial charge is 0.0804 e. The Bertz CT molecular complexity index is 402. The summed E-state index contributed by atoms with van der Waals surface area (Å²) >= 11 is 3.50. The fourth-order valence-corrected chi connectivity index (χ4v) is 3.20. The van der Waals surface area contributed by atoms with Crippen molar-refractivity contribution in [3.05, 3.63) is 40.4 Å². The minimum atomic E-state index is 0.941. The maximum absolute atomic E-state index is 3.50. The van der Waals surface area contributed by atoms with E-state index in [0.29, 0.717) is 0 Å². The lowest BCUT2D eigenvalue weighted by Gasteiger charge is -2.22. The van der Waals surface area contributed by atoms with Crippen LogP contribution in [0.25, 0.3) is 5.57 Å². The van der Waals surface area contributed by atoms with Crippen molar-refractivity contribution < 1.29 is 0 Å². The number of allylic oxidation sites excluding steroid dienone is 2. The van der Waals surface area contributed by atoms with Crippen molar-refractivity contribution in [1.29, 1.82) is 0 Å². The van der Waals surface area contributed by atoms with Gasteiger partial charge in [-0.25, -0.2) is 0 Å². The molecule has 104 valence electrons. The topological polar surface area (TPSA) is 0 Å². The first-order chi connectivity index (χ1) is 9.29. The highest BCUT2D eigenvalue weighted by Crippen LogP contribution is 2.33. The van der Waals surface area contributed by atoms with Gasteiger partial charge >= 0.3 is 0 Å². The van der Waals surface area contributed by atoms with Crippen molar-refractivity contribution in [1.82, 2.24) is 0 Å². The molecule has 0 aromatic heterocycles. The average molecular weight is 321 g/mol. The van der Waals surface area contributed by atoms with Crippen molar-refractivity contribution in [2.45, 2.75) is 58.3 Å². The fraction of sp³-hybridized carbons (Fsp3) is 0.556. The molecule has 0 saturated heterocycles. The summed E-state index contributed by atoms with van der Waals surface area (Å²) < 4.78 is 1.17. The van der Waals surface area contributed by atoms with Crippen molar-refractivity contribution in [2.75, 3.05) is 0 Å². The van der Waals surface area contributed by atoms with Gasteiger partial charge < -0.3 is 0 Å². The summed E-state index contributed by atoms with van der Waals surface area (Å²) in [6.45, 7) is 2.29. The zero-order valence-electron chi connectivity index (χ0n) is 12.0. The standard InChI is InChI=1S/C18H25Br/c1-2-3-4-5-6-15-7-9-16(10-8-15)17-11-13-18(19)14-12-17/h9,11-15H,2-8,10H2,1H3. The molecule has 0 spiro atoms. The molecule has 1 aliphatic rings. The predicted octanol–water partition coefficient (Wildman–Crippen LogP) is 6.60. The first-order valence-corrected chi connectivity index (χ1v) is 8.54. The minimum Gasteiger partial charge on any atom is -0.0804 e. The Balaban J connectivity index is 1.81. The van der Waals surface area contributed by atoms with E-state index in [1.54, 1.807) is 5.57 Å². The molecule has 0 heterocycles. The molecule has 1 heteroatoms. The van der Waals surface area contributed by atoms with Crippen LogP contribution in [0.2, 0.25) is 0 Å². The molecule has 0 saturated carbocycles. The van der Waals surface area contributed by atoms with E-state index in [-0.39, 0.29) is 0 Å². The average Bonchev–Trinajstić information content (AvgIpc) is 2.45. The zero-order valence-corrected chi connectivity index (χ0v) is 13.6. The predicted molar refractivity (Wildman–Crippen MR) is 88.2 cm³/mol. The lowest BCUT2D eigenvalue weighted by Crippen LogP contribution is -2.05. The van der Waals surface area contributed by atoms with Crippen LogP contribution in [0.4, 0.5) is 0 Å². The normalized spacial score (nSPS) is 19.3. The Morgan fingerprint density at radius 2 is 1.89 bits per heavy atom. The molecule has 1 aromatic rings. The second kappa shape index (κ2) is 7.89. The van der Waals surface area contributed by atoms with E-state index < -0.39 is 0 Å². The summed E-state index contributed by atoms with van der Waals surface area (Å²) in [5, 5.41) is 0. The molecule has 2 rings (SSSR count). The summed E-state index contributed by atoms with van der Waals surface area (Å²) in [5.74, 6) is 0.941. The summed E-state index contributed by atoms with van der Waals surface area (Å²) in [5.41, 5.74) is 2.96. The monoisotopic (exact) mass is 320 g/mol. The summed E-state index contributed by atoms with van der Waals surface area (Å²) in [7, 11) is 0. The van der Waals surface area contributed by atoms with E-state index in [0.717, 1.165) is 5.92 Å². The molecule has 0 amide bonds. The minimum absolute atomic E-state index is 0.941. The SMILES string of the molecule is CCCCCCC1CC=C(c2ccc(Br)cc2)CC1. The summed E-state index contributed by atoms with van der Waals surface area (Å²) in [6.07, 6.45) is 13.5. The summed E-state index contributed by atoms with van der Waals surface area (Å²) in [6, 6.07) is 8.76. The molecule has 0 N–H and O–H groups in total. The maximum atomic E-state index is 3.50. The molecular formula is C18H25Br. The van der Waals surface area contributed by atoms with Crippen LogP contribution in [0, 0.1) is 5.92 Å². The molecule has 0 nitrogen and oxygen atoms in total. The Morgan fingerprint density at radius 3 is 2.53 bits per heavy atom. The van der Waals surface area contributed by atoms with Gasteiger partial charge in [-0.2, -0.15) is 0 Å². The van der Waals surface area contributed by atoms with E-state index in [1.807, 2.05) is 0 Å². The van der Waals surface area contributed by atoms with Gasteiger partial charge in [-0.15, -0.1) is 0 Å². The Hall–Kier alpha value is -0.560. The molecule has 1 unspecified atom stereocenters. The smallest absolute Gasteiger partial charge is 0.0175 e. The lowest BCUT2D eigenvalue weighted by atomic mass is 9.84. The van der Waals surface area contributed by atoms with Gasteiger partial charge in [0.05, 0.1) is 0 Å². The number of halogens is 1. The number of rotatable bonds is 6. The number of benzene rings is 1. The molecule has 1 atom stereocenters. The van der Waals surface area contributed by atoms with Crippen molar-refractivity contribution >= 4 is 21.5 Å². The first kappa shape index (κ1) is 14.8. The number of hydrogen-bond acceptors (Lipinski definition) is 0. The van der Waals surface area contributed by atoms with Crippen LogP contribution in [0.1, 0.15) is 63.9 Å². The van der Waals surface area contributed by atoms with Crippen LogP contribution in [0.5, 0.6) is 0 Å². The Labute approximate surface area is 126 Å². The van der Waals surface area contributed by atoms with Crippen molar-refractivity contribution in [2.24, 2.45) is 5.92 Å². The second-order valence-corrected chi connectivity index (χ2v) is 6.64. The Kier molecular flexibility index (Phi) is 6.16. The number of hydrogen-bond donors (Lipinski definition) is 0. The van der Waals surface area contributed by atoms with E-state index in [4.69, 9.17) is 0 Å². The lowest BCUT2D eigenvalue weighted by molar-refractivity contribution is 0.425. The van der Waals surface area contributed by atoms with E-state index in [1.165, 1.54) is 61.4 Å². The van der Waals surface area contributed by atoms with Gasteiger partial charge in [-0.3, -0.25) is 0 Å². The molecular weight excluding hydrogens is 296 g/mol. The van der Waals surface area contributed by atoms with Gasteiger partial charge in [0.2, 0.25) is 0 Å². The van der Waals surface area contributed by atoms with Crippen LogP contribution in [-0.4, -0.2) is 0 Å². The number of unbranched alkanes of at least 4 members (excludes halogenated alkanes) is 3. The quantitative estimate of drug-likeness (QED) is 0.518. The Morgan fingerprint density at radius 1 is 1.11 bits per heavy atom. The van der Waals surface area contributed by atoms with E-state index in [9.17, 15) is 0 Å². The summed E-state index contributed by atoms with van der Waals surface area (Å²) in [4.78, 5) is 0. The highest BCUT2D eigenvalue weighted by Gasteiger charge is 2.14. The van der Waals surface area contributed by atoms with Gasteiger partial charge in [-0.05, 0) is 48.4 Å². The zero-order chi connectivity index (χ0) is 13.5. The second-order valence-electron chi connectivity index (χ2n) is 5.73. The molecule has 1 aliphatic carbocycles. The van der Waals surface area contributed by atoms with Gasteiger partial charge in [0.1, 0.15) is 0 Å². The van der Waals surface area contributed by atoms with Gasteiger partial charge in [0.15, 0.2) is 0 Å². The van der Waals surface area contributed by atoms with Crippen LogP contribution >= 0.6 is 15.9 Å². The molecule has 1 aromatic carbocycles. The third-order valence-corrected chi connectivity index (χ3v) is 4.73. The van der Waals surface area contributed by atoms with Gasteiger partial charge in [0.25, 0.3) is 0 Å². The third kappa shape index (κ3) is 4.80. The van der Waals surface area contributed by atoms with E-state index >= 15 is 0 Å². The molecule has 0 bridgehead atoms. The molecule has 0 fully saturated rings. The van der Waals surface area contributed by atoms with Crippen LogP contribution in [0.3, 0.4) is 0 Å². The maximum Gasteiger partial charge on any atom is 0.0175 e. The van der Waals surface area contributed by atoms with Gasteiger partial charge in [0, 0.05) is 4.47 Å². The van der Waals surface area contributed by atoms with Crippen LogP contribution < -0.4 is 0 Å². The van der Waals surface area contributed by atoms with Crippen LogP contribution in [-0.2, 0) is 0 Å². The highest BCUT2D eigenvalue weighted by atomic mass is 79.9. The molecule has 0 aliphatic heterocycles. The van der Waals surface area contributed by atoms with Crippen molar-refractivity contribution in [3.63, 3.8) is 0 Å². The third-order valence-electron chi connectivity index (χ3n) is 4.20. The molecule has 19 heavy (non-hydrogen) atoms. The highest BCUT2D eigenvalue weighted by molar-refractivity contribution is 9.10. The van der Waals surface area contributed by atoms with Crippen molar-refractivity contribution in [3.8, 4) is 0 Å². The van der Waals surface area contributed by atoms with E-state index in [2.05, 4.69) is 53.2 Å². The molecule has 0 radical (unpaired) electrons.